The summed E-state index contributed by atoms with van der Waals surface area (Å²) in [6, 6.07) is 0. The molecule has 1 aliphatic rings. The predicted molar refractivity (Wildman–Crippen MR) is 90.2 cm³/mol. The molecule has 0 amide bonds. The molecule has 0 bridgehead atoms. The Bertz CT molecular complexity index is 232. The average molecular weight is 283 g/mol. The van der Waals surface area contributed by atoms with E-state index in [-0.39, 0.29) is 0 Å². The third-order valence-electron chi connectivity index (χ3n) is 5.23. The first-order valence-corrected chi connectivity index (χ1v) is 8.90. The van der Waals surface area contributed by atoms with Crippen molar-refractivity contribution >= 4 is 0 Å². The lowest BCUT2D eigenvalue weighted by Gasteiger charge is -2.37. The summed E-state index contributed by atoms with van der Waals surface area (Å²) in [5.74, 6) is 1.88. The van der Waals surface area contributed by atoms with Crippen molar-refractivity contribution in [2.45, 2.75) is 66.7 Å². The Morgan fingerprint density at radius 3 is 2.10 bits per heavy atom. The van der Waals surface area contributed by atoms with Gasteiger partial charge in [-0.05, 0) is 82.1 Å². The summed E-state index contributed by atoms with van der Waals surface area (Å²) in [4.78, 5) is 2.51. The lowest BCUT2D eigenvalue weighted by molar-refractivity contribution is 0.149. The molecule has 0 aromatic carbocycles. The minimum absolute atomic E-state index is 0.516. The van der Waals surface area contributed by atoms with Crippen molar-refractivity contribution < 1.29 is 0 Å². The van der Waals surface area contributed by atoms with Crippen LogP contribution in [0, 0.1) is 17.3 Å². The number of nitrogens with one attached hydrogen (secondary N) is 1. The fourth-order valence-electron chi connectivity index (χ4n) is 3.51. The lowest BCUT2D eigenvalue weighted by Crippen LogP contribution is -2.32. The van der Waals surface area contributed by atoms with Crippen molar-refractivity contribution in [2.75, 3.05) is 32.7 Å². The van der Waals surface area contributed by atoms with Gasteiger partial charge in [-0.1, -0.05) is 34.6 Å². The van der Waals surface area contributed by atoms with Gasteiger partial charge in [0.1, 0.15) is 0 Å². The molecule has 1 N–H and O–H groups in total. The summed E-state index contributed by atoms with van der Waals surface area (Å²) in [7, 11) is 0. The zero-order valence-electron chi connectivity index (χ0n) is 14.7. The highest BCUT2D eigenvalue weighted by Gasteiger charge is 2.29. The topological polar surface area (TPSA) is 15.3 Å². The molecule has 0 aromatic rings. The van der Waals surface area contributed by atoms with Crippen LogP contribution in [0.25, 0.3) is 0 Å². The van der Waals surface area contributed by atoms with E-state index in [1.165, 1.54) is 64.8 Å². The Balaban J connectivity index is 2.04. The summed E-state index contributed by atoms with van der Waals surface area (Å²) >= 11 is 0. The van der Waals surface area contributed by atoms with E-state index in [4.69, 9.17) is 0 Å². The van der Waals surface area contributed by atoms with E-state index < -0.39 is 0 Å². The maximum Gasteiger partial charge on any atom is -0.000687 e. The third kappa shape index (κ3) is 6.58. The van der Waals surface area contributed by atoms with Crippen LogP contribution in [0.4, 0.5) is 0 Å². The molecule has 1 fully saturated rings. The van der Waals surface area contributed by atoms with E-state index in [0.29, 0.717) is 5.41 Å². The molecule has 0 heterocycles. The van der Waals surface area contributed by atoms with Crippen molar-refractivity contribution in [3.63, 3.8) is 0 Å². The zero-order valence-corrected chi connectivity index (χ0v) is 14.7. The van der Waals surface area contributed by atoms with Crippen LogP contribution in [0.3, 0.4) is 0 Å². The Morgan fingerprint density at radius 1 is 1.00 bits per heavy atom. The van der Waals surface area contributed by atoms with E-state index in [0.717, 1.165) is 11.8 Å². The standard InChI is InChI=1S/C18H38N2/c1-6-20(7-2)14-8-13-19-15-16-9-11-17(12-10-16)18(3,4)5/h16-17,19H,6-15H2,1-5H3. The Labute approximate surface area is 127 Å². The van der Waals surface area contributed by atoms with Gasteiger partial charge < -0.3 is 10.2 Å². The lowest BCUT2D eigenvalue weighted by atomic mass is 9.70. The van der Waals surface area contributed by atoms with Crippen LogP contribution >= 0.6 is 0 Å². The number of nitrogens with zero attached hydrogens (tertiary/aromatic N) is 1. The molecule has 120 valence electrons. The van der Waals surface area contributed by atoms with Gasteiger partial charge in [0, 0.05) is 0 Å². The maximum atomic E-state index is 3.69. The Hall–Kier alpha value is -0.0800. The monoisotopic (exact) mass is 282 g/mol. The maximum absolute atomic E-state index is 3.69. The molecule has 0 aromatic heterocycles. The minimum atomic E-state index is 0.516. The second-order valence-electron chi connectivity index (χ2n) is 7.67. The summed E-state index contributed by atoms with van der Waals surface area (Å²) in [5, 5.41) is 3.69. The molecule has 20 heavy (non-hydrogen) atoms. The molecular formula is C18H38N2. The van der Waals surface area contributed by atoms with Gasteiger partial charge in [-0.15, -0.1) is 0 Å². The zero-order chi connectivity index (χ0) is 15.0. The summed E-state index contributed by atoms with van der Waals surface area (Å²) in [5.41, 5.74) is 0.516. The molecule has 0 saturated heterocycles. The van der Waals surface area contributed by atoms with Gasteiger partial charge in [0.25, 0.3) is 0 Å². The predicted octanol–water partition coefficient (Wildman–Crippen LogP) is 4.16. The second kappa shape index (κ2) is 9.04. The highest BCUT2D eigenvalue weighted by atomic mass is 15.1. The van der Waals surface area contributed by atoms with E-state index >= 15 is 0 Å². The fraction of sp³-hybridized carbons (Fsp3) is 1.00. The molecule has 2 nitrogen and oxygen atoms in total. The number of hydrogen-bond donors (Lipinski definition) is 1. The quantitative estimate of drug-likeness (QED) is 0.673. The van der Waals surface area contributed by atoms with E-state index in [1.807, 2.05) is 0 Å². The smallest absolute Gasteiger partial charge is 0.000687 e. The van der Waals surface area contributed by atoms with Crippen molar-refractivity contribution in [1.29, 1.82) is 0 Å². The summed E-state index contributed by atoms with van der Waals surface area (Å²) in [6.07, 6.45) is 7.04. The summed E-state index contributed by atoms with van der Waals surface area (Å²) < 4.78 is 0. The van der Waals surface area contributed by atoms with E-state index in [9.17, 15) is 0 Å². The van der Waals surface area contributed by atoms with Gasteiger partial charge in [-0.3, -0.25) is 0 Å². The largest absolute Gasteiger partial charge is 0.316 e. The van der Waals surface area contributed by atoms with Crippen molar-refractivity contribution in [3.05, 3.63) is 0 Å². The molecule has 1 rings (SSSR count). The van der Waals surface area contributed by atoms with Crippen LogP contribution in [-0.2, 0) is 0 Å². The Kier molecular flexibility index (Phi) is 8.13. The van der Waals surface area contributed by atoms with Crippen LogP contribution in [0.2, 0.25) is 0 Å². The first-order valence-electron chi connectivity index (χ1n) is 8.90. The van der Waals surface area contributed by atoms with Gasteiger partial charge in [0.05, 0.1) is 0 Å². The van der Waals surface area contributed by atoms with Crippen LogP contribution < -0.4 is 5.32 Å². The first-order chi connectivity index (χ1) is 9.47. The fourth-order valence-corrected chi connectivity index (χ4v) is 3.51. The van der Waals surface area contributed by atoms with Gasteiger partial charge in [0.15, 0.2) is 0 Å². The van der Waals surface area contributed by atoms with Gasteiger partial charge in [-0.2, -0.15) is 0 Å². The SMILES string of the molecule is CCN(CC)CCCNCC1CCC(C(C)(C)C)CC1. The van der Waals surface area contributed by atoms with Crippen LogP contribution in [-0.4, -0.2) is 37.6 Å². The first kappa shape index (κ1) is 18.0. The molecule has 0 unspecified atom stereocenters. The molecule has 0 radical (unpaired) electrons. The van der Waals surface area contributed by atoms with Gasteiger partial charge in [0.2, 0.25) is 0 Å². The molecule has 0 atom stereocenters. The summed E-state index contributed by atoms with van der Waals surface area (Å²) in [6.45, 7) is 17.8. The normalized spacial score (nSPS) is 24.3. The molecule has 1 saturated carbocycles. The average Bonchev–Trinajstić information content (AvgIpc) is 2.42. The highest BCUT2D eigenvalue weighted by molar-refractivity contribution is 4.81. The molecule has 2 heteroatoms. The minimum Gasteiger partial charge on any atom is -0.316 e. The van der Waals surface area contributed by atoms with Gasteiger partial charge >= 0.3 is 0 Å². The molecule has 0 aliphatic heterocycles. The van der Waals surface area contributed by atoms with Crippen molar-refractivity contribution in [3.8, 4) is 0 Å². The van der Waals surface area contributed by atoms with Gasteiger partial charge in [-0.25, -0.2) is 0 Å². The molecule has 0 spiro atoms. The van der Waals surface area contributed by atoms with Crippen molar-refractivity contribution in [2.24, 2.45) is 17.3 Å². The van der Waals surface area contributed by atoms with E-state index in [2.05, 4.69) is 44.8 Å². The van der Waals surface area contributed by atoms with Crippen LogP contribution in [0.5, 0.6) is 0 Å². The molecular weight excluding hydrogens is 244 g/mol. The Morgan fingerprint density at radius 2 is 1.60 bits per heavy atom. The van der Waals surface area contributed by atoms with Crippen LogP contribution in [0.1, 0.15) is 66.7 Å². The third-order valence-corrected chi connectivity index (χ3v) is 5.23. The second-order valence-corrected chi connectivity index (χ2v) is 7.67. The highest BCUT2D eigenvalue weighted by Crippen LogP contribution is 2.39. The number of hydrogen-bond acceptors (Lipinski definition) is 2. The number of rotatable bonds is 8. The van der Waals surface area contributed by atoms with Crippen LogP contribution in [0.15, 0.2) is 0 Å². The molecule has 1 aliphatic carbocycles. The van der Waals surface area contributed by atoms with Crippen molar-refractivity contribution in [1.82, 2.24) is 10.2 Å². The van der Waals surface area contributed by atoms with E-state index in [1.54, 1.807) is 0 Å².